The molecule has 0 aromatic heterocycles. The van der Waals surface area contributed by atoms with E-state index < -0.39 is 0 Å². The molecule has 1 N–H and O–H groups in total. The third-order valence-corrected chi connectivity index (χ3v) is 3.02. The van der Waals surface area contributed by atoms with Crippen molar-refractivity contribution in [2.45, 2.75) is 46.6 Å². The largest absolute Gasteiger partial charge is 0.312 e. The van der Waals surface area contributed by atoms with Crippen LogP contribution < -0.4 is 5.32 Å². The molecule has 1 aromatic rings. The van der Waals surface area contributed by atoms with Crippen LogP contribution in [0.15, 0.2) is 18.2 Å². The lowest BCUT2D eigenvalue weighted by Gasteiger charge is -2.30. The van der Waals surface area contributed by atoms with Crippen molar-refractivity contribution in [1.29, 1.82) is 0 Å². The van der Waals surface area contributed by atoms with Gasteiger partial charge in [0.1, 0.15) is 5.82 Å². The van der Waals surface area contributed by atoms with E-state index in [-0.39, 0.29) is 16.8 Å². The quantitative estimate of drug-likeness (QED) is 0.854. The molecule has 0 fully saturated rings. The summed E-state index contributed by atoms with van der Waals surface area (Å²) in [5.74, 6) is -0.216. The maximum atomic E-state index is 13.8. The Balaban J connectivity index is 2.70. The lowest BCUT2D eigenvalue weighted by atomic mass is 9.85. The number of hydrogen-bond acceptors (Lipinski definition) is 1. The van der Waals surface area contributed by atoms with Crippen molar-refractivity contribution >= 4 is 11.6 Å². The van der Waals surface area contributed by atoms with Crippen LogP contribution in [0.1, 0.15) is 40.2 Å². The van der Waals surface area contributed by atoms with E-state index >= 15 is 0 Å². The lowest BCUT2D eigenvalue weighted by Crippen LogP contribution is -2.42. The molecule has 0 radical (unpaired) electrons. The van der Waals surface area contributed by atoms with E-state index in [1.807, 2.05) is 0 Å². The second-order valence-electron chi connectivity index (χ2n) is 6.68. The smallest absolute Gasteiger partial charge is 0.127 e. The number of hydrogen-bond donors (Lipinski definition) is 1. The van der Waals surface area contributed by atoms with Crippen LogP contribution in [0.5, 0.6) is 0 Å². The molecule has 0 bridgehead atoms. The minimum Gasteiger partial charge on any atom is -0.312 e. The van der Waals surface area contributed by atoms with Gasteiger partial charge < -0.3 is 5.32 Å². The lowest BCUT2D eigenvalue weighted by molar-refractivity contribution is 0.286. The van der Waals surface area contributed by atoms with Gasteiger partial charge in [-0.25, -0.2) is 4.39 Å². The highest BCUT2D eigenvalue weighted by Gasteiger charge is 2.22. The Morgan fingerprint density at radius 3 is 2.28 bits per heavy atom. The molecule has 1 aromatic carbocycles. The van der Waals surface area contributed by atoms with Gasteiger partial charge in [-0.3, -0.25) is 0 Å². The Hall–Kier alpha value is -0.600. The minimum atomic E-state index is -0.216. The number of rotatable bonds is 4. The van der Waals surface area contributed by atoms with Crippen LogP contribution in [0.25, 0.3) is 0 Å². The van der Waals surface area contributed by atoms with E-state index in [4.69, 9.17) is 11.6 Å². The molecule has 0 unspecified atom stereocenters. The zero-order chi connectivity index (χ0) is 14.0. The highest BCUT2D eigenvalue weighted by atomic mass is 35.5. The molecular weight excluding hydrogens is 249 g/mol. The highest BCUT2D eigenvalue weighted by Crippen LogP contribution is 2.25. The van der Waals surface area contributed by atoms with Gasteiger partial charge in [0.2, 0.25) is 0 Å². The van der Waals surface area contributed by atoms with Crippen LogP contribution in [0.2, 0.25) is 5.02 Å². The van der Waals surface area contributed by atoms with E-state index in [9.17, 15) is 4.39 Å². The minimum absolute atomic E-state index is 0.00193. The third-order valence-electron chi connectivity index (χ3n) is 2.78. The van der Waals surface area contributed by atoms with Crippen LogP contribution >= 0.6 is 11.6 Å². The summed E-state index contributed by atoms with van der Waals surface area (Å²) >= 11 is 5.76. The summed E-state index contributed by atoms with van der Waals surface area (Å²) in [5.41, 5.74) is 0.803. The molecule has 3 heteroatoms. The van der Waals surface area contributed by atoms with Crippen molar-refractivity contribution in [3.63, 3.8) is 0 Å². The summed E-state index contributed by atoms with van der Waals surface area (Å²) in [6, 6.07) is 4.90. The fourth-order valence-electron chi connectivity index (χ4n) is 1.75. The van der Waals surface area contributed by atoms with E-state index in [1.165, 1.54) is 6.07 Å². The maximum Gasteiger partial charge on any atom is 0.127 e. The Labute approximate surface area is 115 Å². The summed E-state index contributed by atoms with van der Waals surface area (Å²) in [5, 5.41) is 3.91. The monoisotopic (exact) mass is 271 g/mol. The molecule has 0 aliphatic carbocycles. The summed E-state index contributed by atoms with van der Waals surface area (Å²) < 4.78 is 13.8. The molecule has 1 nitrogen and oxygen atoms in total. The molecule has 0 aliphatic rings. The number of benzene rings is 1. The van der Waals surface area contributed by atoms with Crippen molar-refractivity contribution in [3.05, 3.63) is 34.6 Å². The molecule has 1 rings (SSSR count). The summed E-state index contributed by atoms with van der Waals surface area (Å²) in [7, 11) is 0. The topological polar surface area (TPSA) is 12.0 Å². The molecule has 0 spiro atoms. The first kappa shape index (κ1) is 15.5. The first-order chi connectivity index (χ1) is 8.09. The van der Waals surface area contributed by atoms with Crippen LogP contribution in [0.3, 0.4) is 0 Å². The first-order valence-electron chi connectivity index (χ1n) is 6.28. The van der Waals surface area contributed by atoms with Crippen molar-refractivity contribution in [2.75, 3.05) is 6.54 Å². The summed E-state index contributed by atoms with van der Waals surface area (Å²) in [4.78, 5) is 0. The van der Waals surface area contributed by atoms with Crippen LogP contribution in [-0.4, -0.2) is 12.1 Å². The van der Waals surface area contributed by atoms with Gasteiger partial charge >= 0.3 is 0 Å². The van der Waals surface area contributed by atoms with Crippen molar-refractivity contribution in [2.24, 2.45) is 5.41 Å². The fraction of sp³-hybridized carbons (Fsp3) is 0.600. The molecule has 0 atom stereocenters. The fourth-order valence-corrected chi connectivity index (χ4v) is 1.91. The molecule has 18 heavy (non-hydrogen) atoms. The highest BCUT2D eigenvalue weighted by molar-refractivity contribution is 6.30. The Morgan fingerprint density at radius 1 is 1.17 bits per heavy atom. The second-order valence-corrected chi connectivity index (χ2v) is 7.12. The SMILES string of the molecule is CC(C)(CNC(C)(C)C)Cc1ccc(Cl)cc1F. The molecule has 0 saturated heterocycles. The van der Waals surface area contributed by atoms with Crippen molar-refractivity contribution in [1.82, 2.24) is 5.32 Å². The van der Waals surface area contributed by atoms with Gasteiger partial charge in [0.05, 0.1) is 0 Å². The number of nitrogens with one attached hydrogen (secondary N) is 1. The molecule has 0 amide bonds. The predicted molar refractivity (Wildman–Crippen MR) is 76.7 cm³/mol. The Kier molecular flexibility index (Phi) is 4.79. The van der Waals surface area contributed by atoms with Gasteiger partial charge in [-0.2, -0.15) is 0 Å². The molecule has 0 heterocycles. The molecule has 102 valence electrons. The zero-order valence-electron chi connectivity index (χ0n) is 11.9. The van der Waals surface area contributed by atoms with Gasteiger partial charge in [-0.1, -0.05) is 31.5 Å². The normalized spacial score (nSPS) is 12.8. The Morgan fingerprint density at radius 2 is 1.78 bits per heavy atom. The van der Waals surface area contributed by atoms with E-state index in [2.05, 4.69) is 39.9 Å². The summed E-state index contributed by atoms with van der Waals surface area (Å²) in [6.45, 7) is 11.5. The Bertz CT molecular complexity index is 407. The summed E-state index contributed by atoms with van der Waals surface area (Å²) in [6.07, 6.45) is 0.694. The van der Waals surface area contributed by atoms with Crippen LogP contribution in [0, 0.1) is 11.2 Å². The number of halogens is 2. The average molecular weight is 272 g/mol. The maximum absolute atomic E-state index is 13.8. The zero-order valence-corrected chi connectivity index (χ0v) is 12.7. The molecule has 0 aliphatic heterocycles. The average Bonchev–Trinajstić information content (AvgIpc) is 2.19. The molecular formula is C15H23ClFN. The van der Waals surface area contributed by atoms with Crippen molar-refractivity contribution in [3.8, 4) is 0 Å². The van der Waals surface area contributed by atoms with Gasteiger partial charge in [0.25, 0.3) is 0 Å². The van der Waals surface area contributed by atoms with E-state index in [1.54, 1.807) is 12.1 Å². The van der Waals surface area contributed by atoms with E-state index in [0.717, 1.165) is 12.1 Å². The van der Waals surface area contributed by atoms with Crippen LogP contribution in [0.4, 0.5) is 4.39 Å². The predicted octanol–water partition coefficient (Wildman–Crippen LogP) is 4.44. The third kappa shape index (κ3) is 5.36. The standard InChI is InChI=1S/C15H23ClFN/c1-14(2,3)18-10-15(4,5)9-11-6-7-12(16)8-13(11)17/h6-8,18H,9-10H2,1-5H3. The van der Waals surface area contributed by atoms with Gasteiger partial charge in [0, 0.05) is 17.1 Å². The van der Waals surface area contributed by atoms with Crippen LogP contribution in [-0.2, 0) is 6.42 Å². The molecule has 0 saturated carbocycles. The second kappa shape index (κ2) is 5.58. The van der Waals surface area contributed by atoms with E-state index in [0.29, 0.717) is 11.4 Å². The van der Waals surface area contributed by atoms with Gasteiger partial charge in [-0.15, -0.1) is 0 Å². The first-order valence-corrected chi connectivity index (χ1v) is 6.66. The van der Waals surface area contributed by atoms with Gasteiger partial charge in [0.15, 0.2) is 0 Å². The van der Waals surface area contributed by atoms with Gasteiger partial charge in [-0.05, 0) is 50.3 Å². The van der Waals surface area contributed by atoms with Crippen molar-refractivity contribution < 1.29 is 4.39 Å².